The van der Waals surface area contributed by atoms with E-state index in [-0.39, 0.29) is 11.6 Å². The first kappa shape index (κ1) is 13.5. The van der Waals surface area contributed by atoms with Gasteiger partial charge in [0.25, 0.3) is 0 Å². The van der Waals surface area contributed by atoms with Crippen LogP contribution in [-0.2, 0) is 0 Å². The first-order valence-corrected chi connectivity index (χ1v) is 8.01. The van der Waals surface area contributed by atoms with Gasteiger partial charge in [0.05, 0.1) is 6.10 Å². The summed E-state index contributed by atoms with van der Waals surface area (Å²) in [7, 11) is 0. The second-order valence-corrected chi connectivity index (χ2v) is 7.65. The summed E-state index contributed by atoms with van der Waals surface area (Å²) in [5, 5.41) is 13.7. The van der Waals surface area contributed by atoms with Crippen LogP contribution >= 0.6 is 0 Å². The van der Waals surface area contributed by atoms with Crippen molar-refractivity contribution >= 4 is 0 Å². The van der Waals surface area contributed by atoms with Gasteiger partial charge in [-0.3, -0.25) is 0 Å². The van der Waals surface area contributed by atoms with Crippen molar-refractivity contribution in [3.63, 3.8) is 0 Å². The van der Waals surface area contributed by atoms with E-state index in [2.05, 4.69) is 25.9 Å². The standard InChI is InChI=1S/C16H27NO2/c1-9-7-12-11(5-4-6-15(9)18)10(2)16(3,17-19)14-8-13(12)14/h9-15,18H,4-8H2,1-3H3/t9?,10?,11?,12?,13?,14?,15?,16-/m1/s1. The van der Waals surface area contributed by atoms with E-state index in [1.54, 1.807) is 0 Å². The van der Waals surface area contributed by atoms with Crippen molar-refractivity contribution in [2.24, 2.45) is 40.7 Å². The Labute approximate surface area is 116 Å². The lowest BCUT2D eigenvalue weighted by molar-refractivity contribution is 0.0104. The summed E-state index contributed by atoms with van der Waals surface area (Å²) in [6.45, 7) is 6.53. The molecule has 0 saturated heterocycles. The normalized spacial score (nSPS) is 57.4. The van der Waals surface area contributed by atoms with Crippen LogP contribution in [0.4, 0.5) is 0 Å². The molecule has 0 aromatic heterocycles. The van der Waals surface area contributed by atoms with Crippen molar-refractivity contribution < 1.29 is 5.11 Å². The molecule has 1 N–H and O–H groups in total. The van der Waals surface area contributed by atoms with Crippen LogP contribution in [0, 0.1) is 40.4 Å². The number of fused-ring (bicyclic) bond motifs is 3. The van der Waals surface area contributed by atoms with Crippen molar-refractivity contribution in [2.45, 2.75) is 64.5 Å². The van der Waals surface area contributed by atoms with Crippen LogP contribution in [0.25, 0.3) is 0 Å². The molecule has 3 fully saturated rings. The Kier molecular flexibility index (Phi) is 3.24. The smallest absolute Gasteiger partial charge is 0.106 e. The molecule has 3 rings (SSSR count). The monoisotopic (exact) mass is 265 g/mol. The summed E-state index contributed by atoms with van der Waals surface area (Å²) in [4.78, 5) is 11.4. The lowest BCUT2D eigenvalue weighted by atomic mass is 9.60. The molecule has 3 nitrogen and oxygen atoms in total. The molecule has 0 heterocycles. The van der Waals surface area contributed by atoms with Gasteiger partial charge in [0.2, 0.25) is 0 Å². The third kappa shape index (κ3) is 1.96. The molecule has 19 heavy (non-hydrogen) atoms. The molecule has 0 spiro atoms. The Bertz CT molecular complexity index is 372. The van der Waals surface area contributed by atoms with Crippen molar-refractivity contribution in [3.05, 3.63) is 4.91 Å². The zero-order valence-electron chi connectivity index (χ0n) is 12.4. The zero-order valence-corrected chi connectivity index (χ0v) is 12.4. The molecule has 108 valence electrons. The molecule has 3 saturated carbocycles. The van der Waals surface area contributed by atoms with E-state index in [4.69, 9.17) is 0 Å². The van der Waals surface area contributed by atoms with Gasteiger partial charge in [0.1, 0.15) is 5.54 Å². The first-order chi connectivity index (χ1) is 8.99. The second kappa shape index (κ2) is 4.54. The Morgan fingerprint density at radius 2 is 1.84 bits per heavy atom. The number of nitrogens with zero attached hydrogens (tertiary/aromatic N) is 1. The van der Waals surface area contributed by atoms with Gasteiger partial charge in [-0.15, -0.1) is 0 Å². The summed E-state index contributed by atoms with van der Waals surface area (Å²) >= 11 is 0. The predicted molar refractivity (Wildman–Crippen MR) is 75.6 cm³/mol. The Balaban J connectivity index is 1.85. The van der Waals surface area contributed by atoms with Gasteiger partial charge < -0.3 is 5.11 Å². The molecular formula is C16H27NO2. The highest BCUT2D eigenvalue weighted by Crippen LogP contribution is 2.65. The molecule has 3 aliphatic rings. The third-order valence-electron chi connectivity index (χ3n) is 6.79. The molecular weight excluding hydrogens is 238 g/mol. The fraction of sp³-hybridized carbons (Fsp3) is 1.00. The lowest BCUT2D eigenvalue weighted by Gasteiger charge is -2.46. The number of nitroso groups, excluding NO2 is 1. The van der Waals surface area contributed by atoms with Gasteiger partial charge in [-0.2, -0.15) is 4.91 Å². The molecule has 0 aromatic rings. The van der Waals surface area contributed by atoms with Gasteiger partial charge in [0.15, 0.2) is 0 Å². The maximum atomic E-state index is 11.4. The highest BCUT2D eigenvalue weighted by atomic mass is 16.3. The van der Waals surface area contributed by atoms with Gasteiger partial charge in [0, 0.05) is 0 Å². The third-order valence-corrected chi connectivity index (χ3v) is 6.79. The number of aliphatic hydroxyl groups is 1. The van der Waals surface area contributed by atoms with Crippen LogP contribution in [0.2, 0.25) is 0 Å². The fourth-order valence-electron chi connectivity index (χ4n) is 5.22. The number of hydrogen-bond donors (Lipinski definition) is 1. The summed E-state index contributed by atoms with van der Waals surface area (Å²) in [5.74, 6) is 3.40. The minimum absolute atomic E-state index is 0.119. The van der Waals surface area contributed by atoms with Crippen LogP contribution in [0.15, 0.2) is 5.18 Å². The summed E-state index contributed by atoms with van der Waals surface area (Å²) < 4.78 is 0. The van der Waals surface area contributed by atoms with E-state index in [0.717, 1.165) is 25.2 Å². The molecule has 0 aromatic carbocycles. The van der Waals surface area contributed by atoms with Gasteiger partial charge in [-0.1, -0.05) is 25.4 Å². The summed E-state index contributed by atoms with van der Waals surface area (Å²) in [6, 6.07) is 0. The van der Waals surface area contributed by atoms with E-state index >= 15 is 0 Å². The van der Waals surface area contributed by atoms with E-state index in [0.29, 0.717) is 29.6 Å². The maximum absolute atomic E-state index is 11.4. The maximum Gasteiger partial charge on any atom is 0.106 e. The Morgan fingerprint density at radius 1 is 1.11 bits per heavy atom. The van der Waals surface area contributed by atoms with Crippen LogP contribution < -0.4 is 0 Å². The number of rotatable bonds is 1. The van der Waals surface area contributed by atoms with Crippen LogP contribution in [-0.4, -0.2) is 16.7 Å². The minimum atomic E-state index is -0.327. The molecule has 8 atom stereocenters. The second-order valence-electron chi connectivity index (χ2n) is 7.65. The zero-order chi connectivity index (χ0) is 13.8. The van der Waals surface area contributed by atoms with Crippen molar-refractivity contribution in [1.29, 1.82) is 0 Å². The van der Waals surface area contributed by atoms with Crippen molar-refractivity contribution in [3.8, 4) is 0 Å². The predicted octanol–water partition coefficient (Wildman–Crippen LogP) is 3.60. The topological polar surface area (TPSA) is 49.7 Å². The quantitative estimate of drug-likeness (QED) is 0.736. The molecule has 7 unspecified atom stereocenters. The molecule has 0 amide bonds. The highest BCUT2D eigenvalue weighted by Gasteiger charge is 2.63. The molecule has 3 aliphatic carbocycles. The largest absolute Gasteiger partial charge is 0.393 e. The minimum Gasteiger partial charge on any atom is -0.393 e. The fourth-order valence-corrected chi connectivity index (χ4v) is 5.22. The molecule has 0 bridgehead atoms. The van der Waals surface area contributed by atoms with Crippen molar-refractivity contribution in [2.75, 3.05) is 0 Å². The van der Waals surface area contributed by atoms with E-state index in [1.165, 1.54) is 12.8 Å². The van der Waals surface area contributed by atoms with Gasteiger partial charge in [-0.05, 0) is 68.1 Å². The summed E-state index contributed by atoms with van der Waals surface area (Å²) in [6.07, 6.45) is 5.41. The highest BCUT2D eigenvalue weighted by molar-refractivity contribution is 5.14. The first-order valence-electron chi connectivity index (χ1n) is 8.01. The summed E-state index contributed by atoms with van der Waals surface area (Å²) in [5.41, 5.74) is -0.327. The van der Waals surface area contributed by atoms with Crippen LogP contribution in [0.1, 0.15) is 52.9 Å². The number of hydrogen-bond acceptors (Lipinski definition) is 3. The van der Waals surface area contributed by atoms with Gasteiger partial charge in [-0.25, -0.2) is 0 Å². The molecule has 0 aliphatic heterocycles. The molecule has 3 heteroatoms. The van der Waals surface area contributed by atoms with Crippen LogP contribution in [0.5, 0.6) is 0 Å². The average molecular weight is 265 g/mol. The van der Waals surface area contributed by atoms with Crippen LogP contribution in [0.3, 0.4) is 0 Å². The van der Waals surface area contributed by atoms with Gasteiger partial charge >= 0.3 is 0 Å². The average Bonchev–Trinajstić information content (AvgIpc) is 3.17. The van der Waals surface area contributed by atoms with E-state index in [1.807, 2.05) is 0 Å². The van der Waals surface area contributed by atoms with E-state index < -0.39 is 0 Å². The Morgan fingerprint density at radius 3 is 2.53 bits per heavy atom. The van der Waals surface area contributed by atoms with Crippen molar-refractivity contribution in [1.82, 2.24) is 0 Å². The lowest BCUT2D eigenvalue weighted by Crippen LogP contribution is -2.47. The van der Waals surface area contributed by atoms with E-state index in [9.17, 15) is 10.0 Å². The Hall–Kier alpha value is -0.440. The molecule has 0 radical (unpaired) electrons. The SMILES string of the molecule is CC1CC2C(CCCC1O)C(C)[C@@](C)(N=O)C1CC21. The number of aliphatic hydroxyl groups excluding tert-OH is 1.